The average Bonchev–Trinajstić information content (AvgIpc) is 2.05. The molecular formula is C10H18O. The van der Waals surface area contributed by atoms with Gasteiger partial charge in [-0.15, -0.1) is 0 Å². The minimum atomic E-state index is 0.368. The zero-order chi connectivity index (χ0) is 7.73. The summed E-state index contributed by atoms with van der Waals surface area (Å²) in [4.78, 5) is 0. The van der Waals surface area contributed by atoms with Gasteiger partial charge in [-0.05, 0) is 38.0 Å². The predicted octanol–water partition coefficient (Wildman–Crippen LogP) is 2.75. The molecule has 64 valence electrons. The van der Waals surface area contributed by atoms with Gasteiger partial charge in [0.2, 0.25) is 0 Å². The lowest BCUT2D eigenvalue weighted by molar-refractivity contribution is -0.171. The van der Waals surface area contributed by atoms with Crippen molar-refractivity contribution in [2.45, 2.75) is 51.0 Å². The summed E-state index contributed by atoms with van der Waals surface area (Å²) >= 11 is 0. The van der Waals surface area contributed by atoms with Crippen molar-refractivity contribution in [1.29, 1.82) is 0 Å². The first-order chi connectivity index (χ1) is 5.37. The minimum absolute atomic E-state index is 0.368. The first-order valence-electron chi connectivity index (χ1n) is 5.01. The Balaban J connectivity index is 1.97. The van der Waals surface area contributed by atoms with Gasteiger partial charge in [-0.2, -0.15) is 0 Å². The highest BCUT2D eigenvalue weighted by Gasteiger charge is 2.47. The molecule has 1 spiro atoms. The third-order valence-corrected chi connectivity index (χ3v) is 3.54. The summed E-state index contributed by atoms with van der Waals surface area (Å²) in [6.45, 7) is 3.32. The fourth-order valence-corrected chi connectivity index (χ4v) is 2.64. The monoisotopic (exact) mass is 154 g/mol. The Morgan fingerprint density at radius 2 is 2.27 bits per heavy atom. The second-order valence-corrected chi connectivity index (χ2v) is 4.01. The molecule has 1 aliphatic carbocycles. The van der Waals surface area contributed by atoms with Crippen LogP contribution in [-0.4, -0.2) is 12.2 Å². The molecule has 2 atom stereocenters. The van der Waals surface area contributed by atoms with Crippen molar-refractivity contribution >= 4 is 0 Å². The maximum atomic E-state index is 5.90. The van der Waals surface area contributed by atoms with Crippen molar-refractivity contribution in [3.8, 4) is 0 Å². The molecule has 0 amide bonds. The number of hydrogen-bond acceptors (Lipinski definition) is 1. The van der Waals surface area contributed by atoms with Crippen LogP contribution in [0.1, 0.15) is 45.4 Å². The normalized spacial score (nSPS) is 43.9. The third-order valence-electron chi connectivity index (χ3n) is 3.54. The van der Waals surface area contributed by atoms with Crippen molar-refractivity contribution in [1.82, 2.24) is 0 Å². The molecule has 1 saturated heterocycles. The lowest BCUT2D eigenvalue weighted by Gasteiger charge is -2.51. The van der Waals surface area contributed by atoms with Gasteiger partial charge in [-0.25, -0.2) is 0 Å². The molecule has 0 aromatic carbocycles. The Hall–Kier alpha value is -0.0400. The first-order valence-corrected chi connectivity index (χ1v) is 5.01. The zero-order valence-corrected chi connectivity index (χ0v) is 7.44. The number of hydrogen-bond donors (Lipinski definition) is 0. The minimum Gasteiger partial charge on any atom is -0.375 e. The Morgan fingerprint density at radius 1 is 1.36 bits per heavy atom. The Bertz CT molecular complexity index is 134. The predicted molar refractivity (Wildman–Crippen MR) is 45.5 cm³/mol. The average molecular weight is 154 g/mol. The van der Waals surface area contributed by atoms with Gasteiger partial charge in [0, 0.05) is 6.61 Å². The molecule has 11 heavy (non-hydrogen) atoms. The van der Waals surface area contributed by atoms with Gasteiger partial charge >= 0.3 is 0 Å². The Morgan fingerprint density at radius 3 is 2.73 bits per heavy atom. The van der Waals surface area contributed by atoms with Gasteiger partial charge in [0.1, 0.15) is 0 Å². The highest BCUT2D eigenvalue weighted by atomic mass is 16.5. The summed E-state index contributed by atoms with van der Waals surface area (Å²) in [5.74, 6) is 0.891. The van der Waals surface area contributed by atoms with Crippen LogP contribution >= 0.6 is 0 Å². The second-order valence-electron chi connectivity index (χ2n) is 4.01. The fourth-order valence-electron chi connectivity index (χ4n) is 2.64. The molecule has 0 bridgehead atoms. The summed E-state index contributed by atoms with van der Waals surface area (Å²) in [6.07, 6.45) is 8.10. The highest BCUT2D eigenvalue weighted by Crippen LogP contribution is 2.48. The first kappa shape index (κ1) is 7.60. The number of rotatable bonds is 1. The van der Waals surface area contributed by atoms with Crippen LogP contribution in [0.5, 0.6) is 0 Å². The van der Waals surface area contributed by atoms with E-state index in [9.17, 15) is 0 Å². The van der Waals surface area contributed by atoms with E-state index in [1.165, 1.54) is 38.5 Å². The summed E-state index contributed by atoms with van der Waals surface area (Å²) in [5.41, 5.74) is 0.368. The lowest BCUT2D eigenvalue weighted by atomic mass is 9.65. The fraction of sp³-hybridized carbons (Fsp3) is 1.00. The van der Waals surface area contributed by atoms with E-state index in [-0.39, 0.29) is 0 Å². The van der Waals surface area contributed by atoms with E-state index in [4.69, 9.17) is 4.74 Å². The van der Waals surface area contributed by atoms with E-state index in [2.05, 4.69) is 6.92 Å². The Kier molecular flexibility index (Phi) is 1.92. The molecule has 0 N–H and O–H groups in total. The smallest absolute Gasteiger partial charge is 0.0710 e. The zero-order valence-electron chi connectivity index (χ0n) is 7.44. The van der Waals surface area contributed by atoms with Crippen LogP contribution in [0.2, 0.25) is 0 Å². The largest absolute Gasteiger partial charge is 0.375 e. The Labute approximate surface area is 69.1 Å². The molecule has 1 saturated carbocycles. The molecule has 1 heteroatoms. The van der Waals surface area contributed by atoms with Crippen LogP contribution < -0.4 is 0 Å². The van der Waals surface area contributed by atoms with Crippen molar-refractivity contribution in [3.05, 3.63) is 0 Å². The number of ether oxygens (including phenoxy) is 1. The standard InChI is InChI=1S/C10H18O/c1-2-9-5-7-10(9)6-3-4-8-11-10/h9H,2-8H2,1H3/t9-,10+/m0/s1. The molecule has 2 aliphatic rings. The molecule has 0 aromatic heterocycles. The van der Waals surface area contributed by atoms with E-state index in [0.29, 0.717) is 5.60 Å². The molecule has 1 aliphatic heterocycles. The molecule has 0 unspecified atom stereocenters. The maximum absolute atomic E-state index is 5.90. The molecule has 0 radical (unpaired) electrons. The van der Waals surface area contributed by atoms with Crippen molar-refractivity contribution in [3.63, 3.8) is 0 Å². The molecule has 1 nitrogen and oxygen atoms in total. The van der Waals surface area contributed by atoms with Gasteiger partial charge in [-0.1, -0.05) is 13.3 Å². The maximum Gasteiger partial charge on any atom is 0.0710 e. The summed E-state index contributed by atoms with van der Waals surface area (Å²) in [7, 11) is 0. The van der Waals surface area contributed by atoms with E-state index in [1.54, 1.807) is 0 Å². The molecular weight excluding hydrogens is 136 g/mol. The second kappa shape index (κ2) is 2.78. The van der Waals surface area contributed by atoms with Crippen molar-refractivity contribution in [2.24, 2.45) is 5.92 Å². The van der Waals surface area contributed by atoms with Gasteiger partial charge < -0.3 is 4.74 Å². The van der Waals surface area contributed by atoms with Gasteiger partial charge in [0.05, 0.1) is 5.60 Å². The van der Waals surface area contributed by atoms with Crippen LogP contribution in [0.25, 0.3) is 0 Å². The van der Waals surface area contributed by atoms with Crippen LogP contribution in [-0.2, 0) is 4.74 Å². The van der Waals surface area contributed by atoms with Gasteiger partial charge in [0.15, 0.2) is 0 Å². The lowest BCUT2D eigenvalue weighted by Crippen LogP contribution is -2.51. The van der Waals surface area contributed by atoms with Gasteiger partial charge in [0.25, 0.3) is 0 Å². The van der Waals surface area contributed by atoms with Crippen LogP contribution in [0.4, 0.5) is 0 Å². The van der Waals surface area contributed by atoms with Gasteiger partial charge in [-0.3, -0.25) is 0 Å². The quantitative estimate of drug-likeness (QED) is 0.564. The highest BCUT2D eigenvalue weighted by molar-refractivity contribution is 4.98. The van der Waals surface area contributed by atoms with E-state index in [1.807, 2.05) is 0 Å². The van der Waals surface area contributed by atoms with Crippen LogP contribution in [0.15, 0.2) is 0 Å². The van der Waals surface area contributed by atoms with E-state index in [0.717, 1.165) is 12.5 Å². The van der Waals surface area contributed by atoms with Crippen LogP contribution in [0.3, 0.4) is 0 Å². The van der Waals surface area contributed by atoms with E-state index >= 15 is 0 Å². The third kappa shape index (κ3) is 1.10. The molecule has 2 fully saturated rings. The molecule has 2 rings (SSSR count). The summed E-state index contributed by atoms with van der Waals surface area (Å²) < 4.78 is 5.90. The summed E-state index contributed by atoms with van der Waals surface area (Å²) in [6, 6.07) is 0. The molecule has 1 heterocycles. The van der Waals surface area contributed by atoms with Crippen LogP contribution in [0, 0.1) is 5.92 Å². The molecule has 0 aromatic rings. The SMILES string of the molecule is CC[C@H]1CC[C@]12CCCCO2. The van der Waals surface area contributed by atoms with E-state index < -0.39 is 0 Å². The summed E-state index contributed by atoms with van der Waals surface area (Å²) in [5, 5.41) is 0. The van der Waals surface area contributed by atoms with Crippen molar-refractivity contribution < 1.29 is 4.74 Å². The van der Waals surface area contributed by atoms with Crippen molar-refractivity contribution in [2.75, 3.05) is 6.61 Å². The topological polar surface area (TPSA) is 9.23 Å².